The van der Waals surface area contributed by atoms with Crippen LogP contribution in [0.25, 0.3) is 22.8 Å². The normalized spacial score (nSPS) is 16.4. The standard InChI is InChI=1S/C17H22N4O.C17H24N4.C11H17BrN4O.C7H15N.C6H6BO2.C5H6BrN3O.C5H7N3O.C5H6N2O.C4H4BrN3O2.3C2H6.CH2O3.3CH4.2K.H/c1-12-10-21(11-17(12,2)3)16(22)14-18-15(20(4)19-14)13-8-6-5-7-9-13;1-13-10-21(12-17(13,2)3)11-15-18-16(20(4)19-15)14-8-6-5-7-9-14;1-7-5-16(6-11(7,2)3)9(17)8-13-10(12)15(4)14-8;1-6-4-8-5-7(6,2)3;8-7-9-6-4-2-1-3-5-6;1-3(10)4-7-5(6)9(2)8-4;1-4(9)5-6-3-8(2)7-5;1-4(8)5-6-2-3-7-5;1-8-4(5)6-2(7-8)3(9)10;3*1-2;2-1-4-3;;;;;;/h5-9,12H,10-11H2,1-4H3;5-9,13H,10-12H2,1-4H3;7H,5-6H2,1-4H3;6,8H,4-5H2,1-3H3;1-5,8H;1-2H3;3H,1-2H3;2H,3H2,1H3;1H3,(H,9,10);3*1-2H3;1,3H;3*1H4;;;/q;;;;;;;;;;;;;;;;2*+1;-1/p-1. The van der Waals surface area contributed by atoms with Crippen molar-refractivity contribution in [2.45, 2.75) is 174 Å². The van der Waals surface area contributed by atoms with Crippen LogP contribution in [0, 0.1) is 45.3 Å². The number of amidine groups is 1. The Morgan fingerprint density at radius 3 is 1.19 bits per heavy atom. The molecule has 129 heavy (non-hydrogen) atoms. The Bertz CT molecular complexity index is 4730. The SMILES string of the molecule is C.C.C.CC.CC.CC.CC(=O)C1=NCC=N1.CC(=O)c1nc(Br)n(C)n1.CC(=O)c1ncn(C)n1.CC1CN(C(=O)c2nc(-c3ccccc3)n(C)n2)CC1(C)C.CC1CN(C(=O)c2nc(Br)n(C)n2)CC1(C)C.CC1CN(Cc2nc(-c3ccccc3)n(C)n2)CC1(C)C.CC1CNCC1(C)C.Cn1nc(C(=O)O)nc1Br.O=CO[O-].O[B]Oc1ccccc1.[H-].[K+].[K+]. The molecular weight excluding hydrogens is 1900 g/mol. The molecule has 5 aliphatic rings. The quantitative estimate of drug-likeness (QED) is 0.0326. The number of aromatic nitrogens is 18. The van der Waals surface area contributed by atoms with Crippen LogP contribution in [0.2, 0.25) is 0 Å². The van der Waals surface area contributed by atoms with Crippen molar-refractivity contribution in [3.8, 4) is 28.5 Å². The summed E-state index contributed by atoms with van der Waals surface area (Å²) in [6.45, 7) is 52.4. The summed E-state index contributed by atoms with van der Waals surface area (Å²) in [7, 11) is 11.2. The van der Waals surface area contributed by atoms with E-state index >= 15 is 0 Å². The van der Waals surface area contributed by atoms with Gasteiger partial charge >= 0.3 is 116 Å². The van der Waals surface area contributed by atoms with Gasteiger partial charge in [-0.05, 0) is 112 Å². The minimum Gasteiger partial charge on any atom is -1.00 e. The molecule has 11 heterocycles. The van der Waals surface area contributed by atoms with E-state index in [9.17, 15) is 28.8 Å². The van der Waals surface area contributed by atoms with Gasteiger partial charge in [0.2, 0.25) is 23.3 Å². The van der Waals surface area contributed by atoms with Gasteiger partial charge in [0.1, 0.15) is 6.33 Å². The minimum absolute atomic E-state index is 0. The monoisotopic (exact) mass is 2040 g/mol. The summed E-state index contributed by atoms with van der Waals surface area (Å²) in [6.07, 6.45) is 3.12. The maximum Gasteiger partial charge on any atom is 1.00 e. The summed E-state index contributed by atoms with van der Waals surface area (Å²) < 4.78 is 15.6. The molecule has 14 rings (SSSR count). The van der Waals surface area contributed by atoms with Crippen LogP contribution in [0.1, 0.15) is 228 Å². The van der Waals surface area contributed by atoms with Crippen molar-refractivity contribution >= 4 is 109 Å². The number of Topliss-reactive ketones (excluding diaryl/α,β-unsaturated/α-hetero) is 3. The largest absolute Gasteiger partial charge is 1.00 e. The summed E-state index contributed by atoms with van der Waals surface area (Å²) in [6, 6.07) is 29.1. The fourth-order valence-electron chi connectivity index (χ4n) is 11.6. The fourth-order valence-corrected chi connectivity index (χ4v) is 12.4. The Morgan fingerprint density at radius 1 is 0.527 bits per heavy atom. The average molecular weight is 2040 g/mol. The molecule has 2 amide bonds. The van der Waals surface area contributed by atoms with Crippen LogP contribution < -0.4 is 118 Å². The number of aromatic carboxylic acids is 1. The number of nitrogens with one attached hydrogen (secondary N) is 1. The Morgan fingerprint density at radius 2 is 0.915 bits per heavy atom. The first-order valence-corrected chi connectivity index (χ1v) is 42.9. The number of carboxylic acids is 1. The molecular formula is C87H139BBr3K2N24O12. The second-order valence-electron chi connectivity index (χ2n) is 31.2. The van der Waals surface area contributed by atoms with Gasteiger partial charge in [-0.1, -0.05) is 226 Å². The van der Waals surface area contributed by atoms with Crippen LogP contribution in [-0.2, 0) is 63.3 Å². The maximum absolute atomic E-state index is 12.7. The molecule has 0 aliphatic carbocycles. The number of halogens is 3. The van der Waals surface area contributed by atoms with Gasteiger partial charge in [0.05, 0.1) is 18.8 Å². The van der Waals surface area contributed by atoms with Gasteiger partial charge in [-0.3, -0.25) is 43.3 Å². The van der Waals surface area contributed by atoms with Gasteiger partial charge < -0.3 is 41.5 Å². The number of ketones is 3. The Hall–Kier alpha value is -6.85. The molecule has 4 atom stereocenters. The summed E-state index contributed by atoms with van der Waals surface area (Å²) in [5, 5.41) is 52.5. The number of aryl methyl sites for hydroxylation is 6. The van der Waals surface area contributed by atoms with Crippen LogP contribution in [0.4, 0.5) is 0 Å². The number of carbonyl (C=O) groups is 7. The predicted octanol–water partition coefficient (Wildman–Crippen LogP) is 7.77. The van der Waals surface area contributed by atoms with E-state index < -0.39 is 5.97 Å². The number of hydrogen-bond donors (Lipinski definition) is 3. The number of benzene rings is 3. The zero-order valence-electron chi connectivity index (χ0n) is 79.7. The van der Waals surface area contributed by atoms with Crippen molar-refractivity contribution in [3.63, 3.8) is 0 Å². The van der Waals surface area contributed by atoms with Gasteiger partial charge in [0.25, 0.3) is 24.1 Å². The molecule has 4 saturated heterocycles. The maximum atomic E-state index is 12.7. The molecule has 0 spiro atoms. The zero-order valence-corrected chi connectivity index (χ0v) is 89.8. The van der Waals surface area contributed by atoms with Crippen LogP contribution in [0.5, 0.6) is 5.75 Å². The number of carboxylic acid groups (broad SMARTS) is 1. The number of hydrogen-bond acceptors (Lipinski definition) is 27. The van der Waals surface area contributed by atoms with E-state index in [1.54, 1.807) is 55.9 Å². The zero-order chi connectivity index (χ0) is 94.2. The molecule has 6 aromatic heterocycles. The summed E-state index contributed by atoms with van der Waals surface area (Å²) in [4.78, 5) is 116. The molecule has 1 radical (unpaired) electrons. The van der Waals surface area contributed by atoms with E-state index in [2.05, 4.69) is 228 Å². The number of para-hydroxylation sites is 1. The molecule has 5 aliphatic heterocycles. The van der Waals surface area contributed by atoms with Gasteiger partial charge in [-0.2, -0.15) is 20.1 Å². The first-order chi connectivity index (χ1) is 58.3. The van der Waals surface area contributed by atoms with Crippen molar-refractivity contribution in [1.29, 1.82) is 0 Å². The summed E-state index contributed by atoms with van der Waals surface area (Å²) in [5.74, 6) is 5.43. The molecule has 4 unspecified atom stereocenters. The van der Waals surface area contributed by atoms with Crippen molar-refractivity contribution in [2.75, 3.05) is 58.9 Å². The number of nitrogens with zero attached hydrogens (tertiary/aromatic N) is 23. The second kappa shape index (κ2) is 64.1. The van der Waals surface area contributed by atoms with Crippen molar-refractivity contribution < 1.29 is 163 Å². The molecule has 3 N–H and O–H groups in total. The molecule has 42 heteroatoms. The Kier molecular flexibility index (Phi) is 63.8. The molecule has 0 bridgehead atoms. The van der Waals surface area contributed by atoms with Gasteiger partial charge in [0, 0.05) is 126 Å². The molecule has 9 aromatic rings. The first kappa shape index (κ1) is 128. The minimum atomic E-state index is -1.12. The van der Waals surface area contributed by atoms with E-state index in [0.29, 0.717) is 62.7 Å². The van der Waals surface area contributed by atoms with E-state index in [4.69, 9.17) is 25.2 Å². The first-order valence-electron chi connectivity index (χ1n) is 40.6. The van der Waals surface area contributed by atoms with E-state index in [1.807, 2.05) is 137 Å². The van der Waals surface area contributed by atoms with E-state index in [0.717, 1.165) is 86.2 Å². The number of amides is 2. The summed E-state index contributed by atoms with van der Waals surface area (Å²) in [5.41, 5.74) is 3.33. The Balaban J connectivity index is -0.000000453. The van der Waals surface area contributed by atoms with Crippen molar-refractivity contribution in [2.24, 2.45) is 97.6 Å². The summed E-state index contributed by atoms with van der Waals surface area (Å²) >= 11 is 9.38. The van der Waals surface area contributed by atoms with Crippen LogP contribution in [0.3, 0.4) is 0 Å². The third kappa shape index (κ3) is 43.4. The molecule has 705 valence electrons. The number of carbonyl (C=O) groups excluding carboxylic acids is 6. The number of aliphatic imine (C=N–C) groups is 2. The molecule has 0 saturated carbocycles. The van der Waals surface area contributed by atoms with Crippen LogP contribution >= 0.6 is 47.8 Å². The fraction of sp³-hybridized carbons (Fsp3) is 0.552. The van der Waals surface area contributed by atoms with Gasteiger partial charge in [-0.25, -0.2) is 48.1 Å². The predicted molar refractivity (Wildman–Crippen MR) is 508 cm³/mol. The van der Waals surface area contributed by atoms with Crippen molar-refractivity contribution in [3.05, 3.63) is 146 Å². The second-order valence-corrected chi connectivity index (χ2v) is 33.4. The molecule has 3 aromatic carbocycles. The van der Waals surface area contributed by atoms with Gasteiger partial charge in [-0.15, -0.1) is 25.5 Å². The number of likely N-dealkylation sites (tertiary alicyclic amines) is 3. The van der Waals surface area contributed by atoms with Crippen LogP contribution in [-0.4, -0.2) is 234 Å². The van der Waals surface area contributed by atoms with Crippen LogP contribution in [0.15, 0.2) is 122 Å². The van der Waals surface area contributed by atoms with E-state index in [1.165, 1.54) is 54.2 Å². The number of rotatable bonds is 13. The van der Waals surface area contributed by atoms with E-state index in [-0.39, 0.29) is 202 Å². The average Bonchev–Trinajstić information content (AvgIpc) is 1.65. The molecule has 36 nitrogen and oxygen atoms in total. The molecule has 4 fully saturated rings. The third-order valence-electron chi connectivity index (χ3n) is 20.0. The Labute approximate surface area is 876 Å². The van der Waals surface area contributed by atoms with Gasteiger partial charge in [0.15, 0.2) is 54.9 Å². The third-order valence-corrected chi connectivity index (χ3v) is 22.1. The van der Waals surface area contributed by atoms with Crippen molar-refractivity contribution in [1.82, 2.24) is 109 Å². The smallest absolute Gasteiger partial charge is 1.00 e. The topological polar surface area (TPSA) is 432 Å².